The smallest absolute Gasteiger partial charge is 0.269 e. The number of hydrogen-bond donors (Lipinski definition) is 1. The Kier molecular flexibility index (Phi) is 5.94. The average Bonchev–Trinajstić information content (AvgIpc) is 3.11. The molecule has 0 atom stereocenters. The molecule has 0 fully saturated rings. The topological polar surface area (TPSA) is 90.1 Å². The number of aromatic nitrogens is 2. The van der Waals surface area contributed by atoms with Crippen molar-refractivity contribution in [1.82, 2.24) is 9.78 Å². The first-order valence-corrected chi connectivity index (χ1v) is 10.3. The first-order chi connectivity index (χ1) is 15.3. The Balaban J connectivity index is 1.86. The molecule has 0 aliphatic carbocycles. The quantitative estimate of drug-likeness (QED) is 0.275. The summed E-state index contributed by atoms with van der Waals surface area (Å²) in [5, 5.41) is 19.3. The third-order valence-corrected chi connectivity index (χ3v) is 5.41. The second-order valence-electron chi connectivity index (χ2n) is 6.94. The van der Waals surface area contributed by atoms with Gasteiger partial charge in [-0.15, -0.1) is 0 Å². The summed E-state index contributed by atoms with van der Waals surface area (Å²) in [5.74, 6) is -0.358. The highest BCUT2D eigenvalue weighted by Crippen LogP contribution is 2.34. The Morgan fingerprint density at radius 2 is 1.72 bits per heavy atom. The maximum absolute atomic E-state index is 13.3. The van der Waals surface area contributed by atoms with Crippen molar-refractivity contribution < 1.29 is 9.72 Å². The highest BCUT2D eigenvalue weighted by Gasteiger charge is 2.25. The van der Waals surface area contributed by atoms with E-state index in [0.717, 1.165) is 0 Å². The molecule has 7 nitrogen and oxygen atoms in total. The molecule has 0 unspecified atom stereocenters. The van der Waals surface area contributed by atoms with Gasteiger partial charge in [-0.25, -0.2) is 4.68 Å². The zero-order valence-corrected chi connectivity index (χ0v) is 18.3. The number of nitro groups is 1. The number of nitrogens with zero attached hydrogens (tertiary/aromatic N) is 3. The largest absolute Gasteiger partial charge is 0.322 e. The molecule has 0 spiro atoms. The molecule has 0 bridgehead atoms. The number of carbonyl (C=O) groups is 1. The SMILES string of the molecule is Cc1c(C(=O)Nc2ccccc2)c(-c2ccc(Cl)cc2Cl)nn1-c1ccc([N+](=O)[O-])cc1. The number of nitro benzene ring substituents is 1. The summed E-state index contributed by atoms with van der Waals surface area (Å²) in [6, 6.07) is 19.9. The van der Waals surface area contributed by atoms with E-state index in [1.807, 2.05) is 18.2 Å². The Labute approximate surface area is 193 Å². The molecule has 9 heteroatoms. The zero-order chi connectivity index (χ0) is 22.8. The van der Waals surface area contributed by atoms with Gasteiger partial charge in [0.2, 0.25) is 0 Å². The van der Waals surface area contributed by atoms with Crippen LogP contribution in [0.25, 0.3) is 16.9 Å². The minimum Gasteiger partial charge on any atom is -0.322 e. The average molecular weight is 467 g/mol. The molecule has 0 aliphatic rings. The number of para-hydroxylation sites is 1. The Bertz CT molecular complexity index is 1320. The van der Waals surface area contributed by atoms with Crippen LogP contribution in [0.5, 0.6) is 0 Å². The maximum Gasteiger partial charge on any atom is 0.269 e. The van der Waals surface area contributed by atoms with E-state index in [1.165, 1.54) is 12.1 Å². The summed E-state index contributed by atoms with van der Waals surface area (Å²) in [7, 11) is 0. The van der Waals surface area contributed by atoms with Crippen molar-refractivity contribution in [2.24, 2.45) is 0 Å². The van der Waals surface area contributed by atoms with Crippen molar-refractivity contribution in [3.63, 3.8) is 0 Å². The van der Waals surface area contributed by atoms with Crippen molar-refractivity contribution in [2.75, 3.05) is 5.32 Å². The van der Waals surface area contributed by atoms with Crippen LogP contribution in [0.3, 0.4) is 0 Å². The van der Waals surface area contributed by atoms with Gasteiger partial charge in [0.25, 0.3) is 11.6 Å². The number of non-ortho nitro benzene ring substituents is 1. The lowest BCUT2D eigenvalue weighted by molar-refractivity contribution is -0.384. The molecule has 32 heavy (non-hydrogen) atoms. The highest BCUT2D eigenvalue weighted by molar-refractivity contribution is 6.36. The van der Waals surface area contributed by atoms with E-state index in [-0.39, 0.29) is 11.6 Å². The number of nitrogens with one attached hydrogen (secondary N) is 1. The van der Waals surface area contributed by atoms with Gasteiger partial charge >= 0.3 is 0 Å². The molecule has 0 saturated heterocycles. The van der Waals surface area contributed by atoms with Crippen molar-refractivity contribution in [3.8, 4) is 16.9 Å². The molecule has 1 amide bonds. The number of hydrogen-bond acceptors (Lipinski definition) is 4. The number of amides is 1. The third-order valence-electron chi connectivity index (χ3n) is 4.87. The summed E-state index contributed by atoms with van der Waals surface area (Å²) in [4.78, 5) is 23.8. The van der Waals surface area contributed by atoms with Crippen LogP contribution in [-0.4, -0.2) is 20.6 Å². The summed E-state index contributed by atoms with van der Waals surface area (Å²) in [6.45, 7) is 1.75. The van der Waals surface area contributed by atoms with Crippen molar-refractivity contribution >= 4 is 40.5 Å². The molecule has 1 N–H and O–H groups in total. The molecule has 160 valence electrons. The number of carbonyl (C=O) groups excluding carboxylic acids is 1. The lowest BCUT2D eigenvalue weighted by atomic mass is 10.1. The number of halogens is 2. The normalized spacial score (nSPS) is 10.7. The lowest BCUT2D eigenvalue weighted by Crippen LogP contribution is -2.14. The molecule has 3 aromatic carbocycles. The van der Waals surface area contributed by atoms with E-state index in [9.17, 15) is 14.9 Å². The number of rotatable bonds is 5. The van der Waals surface area contributed by atoms with Crippen LogP contribution >= 0.6 is 23.2 Å². The molecule has 1 heterocycles. The fraction of sp³-hybridized carbons (Fsp3) is 0.0435. The van der Waals surface area contributed by atoms with E-state index in [1.54, 1.807) is 54.1 Å². The summed E-state index contributed by atoms with van der Waals surface area (Å²) >= 11 is 12.5. The molecule has 1 aromatic heterocycles. The molecule has 0 saturated carbocycles. The standard InChI is InChI=1S/C23H16Cl2N4O3/c1-14-21(23(30)26-16-5-3-2-4-6-16)22(19-12-7-15(24)13-20(19)25)27-28(14)17-8-10-18(11-9-17)29(31)32/h2-13H,1H3,(H,26,30). The van der Waals surface area contributed by atoms with Gasteiger partial charge < -0.3 is 5.32 Å². The minimum atomic E-state index is -0.475. The minimum absolute atomic E-state index is 0.0402. The monoisotopic (exact) mass is 466 g/mol. The van der Waals surface area contributed by atoms with E-state index in [4.69, 9.17) is 23.2 Å². The van der Waals surface area contributed by atoms with Crippen LogP contribution in [0.4, 0.5) is 11.4 Å². The summed E-state index contributed by atoms with van der Waals surface area (Å²) < 4.78 is 1.56. The van der Waals surface area contributed by atoms with Crippen molar-refractivity contribution in [2.45, 2.75) is 6.92 Å². The Hall–Kier alpha value is -3.68. The predicted octanol–water partition coefficient (Wildman–Crippen LogP) is 6.32. The fourth-order valence-corrected chi connectivity index (χ4v) is 3.82. The highest BCUT2D eigenvalue weighted by atomic mass is 35.5. The van der Waals surface area contributed by atoms with Gasteiger partial charge in [-0.1, -0.05) is 41.4 Å². The Morgan fingerprint density at radius 3 is 2.34 bits per heavy atom. The van der Waals surface area contributed by atoms with E-state index in [2.05, 4.69) is 10.4 Å². The molecular weight excluding hydrogens is 451 g/mol. The zero-order valence-electron chi connectivity index (χ0n) is 16.8. The second kappa shape index (κ2) is 8.82. The van der Waals surface area contributed by atoms with E-state index >= 15 is 0 Å². The second-order valence-corrected chi connectivity index (χ2v) is 7.78. The van der Waals surface area contributed by atoms with Gasteiger partial charge in [-0.2, -0.15) is 5.10 Å². The van der Waals surface area contributed by atoms with Gasteiger partial charge in [0, 0.05) is 28.4 Å². The van der Waals surface area contributed by atoms with Crippen LogP contribution in [-0.2, 0) is 0 Å². The fourth-order valence-electron chi connectivity index (χ4n) is 3.33. The van der Waals surface area contributed by atoms with Gasteiger partial charge in [0.15, 0.2) is 0 Å². The maximum atomic E-state index is 13.3. The lowest BCUT2D eigenvalue weighted by Gasteiger charge is -2.08. The first kappa shape index (κ1) is 21.5. The predicted molar refractivity (Wildman–Crippen MR) is 125 cm³/mol. The van der Waals surface area contributed by atoms with Crippen LogP contribution in [0.15, 0.2) is 72.8 Å². The van der Waals surface area contributed by atoms with Gasteiger partial charge in [0.05, 0.1) is 26.9 Å². The van der Waals surface area contributed by atoms with Crippen molar-refractivity contribution in [3.05, 3.63) is 104 Å². The van der Waals surface area contributed by atoms with Gasteiger partial charge in [-0.3, -0.25) is 14.9 Å². The molecule has 0 radical (unpaired) electrons. The summed E-state index contributed by atoms with van der Waals surface area (Å²) in [6.07, 6.45) is 0. The van der Waals surface area contributed by atoms with Crippen LogP contribution in [0.1, 0.15) is 16.1 Å². The van der Waals surface area contributed by atoms with E-state index < -0.39 is 4.92 Å². The summed E-state index contributed by atoms with van der Waals surface area (Å²) in [5.41, 5.74) is 2.95. The first-order valence-electron chi connectivity index (χ1n) is 9.51. The number of benzene rings is 3. The molecule has 4 aromatic rings. The van der Waals surface area contributed by atoms with Crippen LogP contribution in [0.2, 0.25) is 10.0 Å². The van der Waals surface area contributed by atoms with E-state index in [0.29, 0.717) is 43.9 Å². The molecule has 0 aliphatic heterocycles. The van der Waals surface area contributed by atoms with Gasteiger partial charge in [-0.05, 0) is 49.4 Å². The van der Waals surface area contributed by atoms with Crippen molar-refractivity contribution in [1.29, 1.82) is 0 Å². The molecule has 4 rings (SSSR count). The number of anilines is 1. The third kappa shape index (κ3) is 4.21. The Morgan fingerprint density at radius 1 is 1.03 bits per heavy atom. The van der Waals surface area contributed by atoms with Gasteiger partial charge in [0.1, 0.15) is 5.69 Å². The molecular formula is C23H16Cl2N4O3. The van der Waals surface area contributed by atoms with Crippen LogP contribution in [0, 0.1) is 17.0 Å². The van der Waals surface area contributed by atoms with Crippen LogP contribution < -0.4 is 5.32 Å².